The van der Waals surface area contributed by atoms with Crippen LogP contribution in [-0.2, 0) is 9.59 Å². The van der Waals surface area contributed by atoms with Crippen molar-refractivity contribution in [3.8, 4) is 5.75 Å². The molecule has 1 saturated carbocycles. The summed E-state index contributed by atoms with van der Waals surface area (Å²) in [6.07, 6.45) is 1.97. The van der Waals surface area contributed by atoms with Crippen LogP contribution in [0.2, 0.25) is 0 Å². The number of hydrogen-bond donors (Lipinski definition) is 1. The van der Waals surface area contributed by atoms with E-state index in [1.807, 2.05) is 30.3 Å². The maximum atomic E-state index is 13.2. The van der Waals surface area contributed by atoms with Gasteiger partial charge in [0, 0.05) is 18.7 Å². The first kappa shape index (κ1) is 21.3. The molecule has 160 valence electrons. The molecular weight excluding hydrogens is 432 g/mol. The molecule has 0 aliphatic heterocycles. The van der Waals surface area contributed by atoms with Crippen molar-refractivity contribution in [2.45, 2.75) is 35.4 Å². The molecule has 1 fully saturated rings. The van der Waals surface area contributed by atoms with Crippen molar-refractivity contribution in [3.05, 3.63) is 60.2 Å². The summed E-state index contributed by atoms with van der Waals surface area (Å²) in [6, 6.07) is 17.0. The number of ether oxygens (including phenoxy) is 1. The number of benzene rings is 2. The first-order valence-electron chi connectivity index (χ1n) is 9.85. The van der Waals surface area contributed by atoms with Crippen LogP contribution in [-0.4, -0.2) is 35.2 Å². The van der Waals surface area contributed by atoms with Crippen LogP contribution in [0.3, 0.4) is 0 Å². The van der Waals surface area contributed by atoms with Crippen LogP contribution < -0.4 is 15.0 Å². The van der Waals surface area contributed by atoms with Gasteiger partial charge >= 0.3 is 0 Å². The number of nitrogens with zero attached hydrogens (tertiary/aromatic N) is 3. The molecule has 9 heteroatoms. The van der Waals surface area contributed by atoms with Gasteiger partial charge in [0.2, 0.25) is 16.9 Å². The van der Waals surface area contributed by atoms with E-state index in [0.717, 1.165) is 24.2 Å². The van der Waals surface area contributed by atoms with Crippen LogP contribution in [0.15, 0.2) is 58.9 Å². The van der Waals surface area contributed by atoms with E-state index in [1.165, 1.54) is 23.1 Å². The lowest BCUT2D eigenvalue weighted by Crippen LogP contribution is -2.30. The van der Waals surface area contributed by atoms with Gasteiger partial charge in [0.25, 0.3) is 0 Å². The lowest BCUT2D eigenvalue weighted by atomic mass is 10.1. The number of aromatic nitrogens is 2. The molecule has 3 aromatic rings. The largest absolute Gasteiger partial charge is 0.497 e. The number of carbonyl (C=O) groups excluding carboxylic acids is 2. The Morgan fingerprint density at radius 3 is 2.45 bits per heavy atom. The van der Waals surface area contributed by atoms with E-state index in [4.69, 9.17) is 4.74 Å². The molecule has 2 aromatic carbocycles. The molecule has 0 saturated heterocycles. The second-order valence-electron chi connectivity index (χ2n) is 7.10. The summed E-state index contributed by atoms with van der Waals surface area (Å²) in [6.45, 7) is 1.54. The number of thioether (sulfide) groups is 1. The SMILES string of the molecule is COc1ccc(NC(=O)C(Sc2nnc(N(C(C)=O)C3CC3)s2)c2ccccc2)cc1. The number of hydrogen-bond acceptors (Lipinski definition) is 7. The summed E-state index contributed by atoms with van der Waals surface area (Å²) in [5.74, 6) is 0.523. The predicted octanol–water partition coefficient (Wildman–Crippen LogP) is 4.53. The van der Waals surface area contributed by atoms with Gasteiger partial charge in [-0.05, 0) is 42.7 Å². The number of rotatable bonds is 8. The predicted molar refractivity (Wildman–Crippen MR) is 123 cm³/mol. The van der Waals surface area contributed by atoms with E-state index in [2.05, 4.69) is 15.5 Å². The van der Waals surface area contributed by atoms with E-state index >= 15 is 0 Å². The van der Waals surface area contributed by atoms with Gasteiger partial charge in [-0.1, -0.05) is 53.4 Å². The van der Waals surface area contributed by atoms with Crippen LogP contribution in [0, 0.1) is 0 Å². The smallest absolute Gasteiger partial charge is 0.242 e. The molecule has 31 heavy (non-hydrogen) atoms. The van der Waals surface area contributed by atoms with Gasteiger partial charge in [-0.15, -0.1) is 10.2 Å². The van der Waals surface area contributed by atoms with Crippen LogP contribution in [0.25, 0.3) is 0 Å². The zero-order valence-electron chi connectivity index (χ0n) is 17.1. The molecule has 0 radical (unpaired) electrons. The van der Waals surface area contributed by atoms with Crippen molar-refractivity contribution < 1.29 is 14.3 Å². The summed E-state index contributed by atoms with van der Waals surface area (Å²) in [4.78, 5) is 26.9. The van der Waals surface area contributed by atoms with Crippen LogP contribution in [0.4, 0.5) is 10.8 Å². The lowest BCUT2D eigenvalue weighted by molar-refractivity contribution is -0.117. The summed E-state index contributed by atoms with van der Waals surface area (Å²) >= 11 is 2.67. The fraction of sp³-hybridized carbons (Fsp3) is 0.273. The highest BCUT2D eigenvalue weighted by Gasteiger charge is 2.34. The third kappa shape index (κ3) is 5.23. The Bertz CT molecular complexity index is 1050. The third-order valence-corrected chi connectivity index (χ3v) is 7.03. The molecule has 1 N–H and O–H groups in total. The van der Waals surface area contributed by atoms with Gasteiger partial charge < -0.3 is 10.1 Å². The first-order valence-corrected chi connectivity index (χ1v) is 11.5. The Balaban J connectivity index is 1.54. The molecule has 0 bridgehead atoms. The Morgan fingerprint density at radius 1 is 1.13 bits per heavy atom. The molecule has 1 atom stereocenters. The maximum absolute atomic E-state index is 13.2. The highest BCUT2D eigenvalue weighted by Crippen LogP contribution is 2.41. The standard InChI is InChI=1S/C22H22N4O3S2/c1-14(27)26(17-10-11-17)21-24-25-22(31-21)30-19(15-6-4-3-5-7-15)20(28)23-16-8-12-18(29-2)13-9-16/h3-9,12-13,17,19H,10-11H2,1-2H3,(H,23,28). The second-order valence-corrected chi connectivity index (χ2v) is 9.41. The van der Waals surface area contributed by atoms with Gasteiger partial charge in [0.1, 0.15) is 11.0 Å². The van der Waals surface area contributed by atoms with Gasteiger partial charge in [0.05, 0.1) is 7.11 Å². The molecule has 1 unspecified atom stereocenters. The first-order chi connectivity index (χ1) is 15.0. The summed E-state index contributed by atoms with van der Waals surface area (Å²) in [5.41, 5.74) is 1.54. The summed E-state index contributed by atoms with van der Waals surface area (Å²) < 4.78 is 5.81. The average molecular weight is 455 g/mol. The highest BCUT2D eigenvalue weighted by molar-refractivity contribution is 8.02. The van der Waals surface area contributed by atoms with Crippen molar-refractivity contribution in [2.24, 2.45) is 0 Å². The van der Waals surface area contributed by atoms with Crippen molar-refractivity contribution in [1.82, 2.24) is 10.2 Å². The lowest BCUT2D eigenvalue weighted by Gasteiger charge is -2.16. The Hall–Kier alpha value is -2.91. The van der Waals surface area contributed by atoms with Gasteiger partial charge in [0.15, 0.2) is 4.34 Å². The molecule has 0 spiro atoms. The number of anilines is 2. The van der Waals surface area contributed by atoms with Crippen molar-refractivity contribution in [2.75, 3.05) is 17.3 Å². The number of amides is 2. The molecule has 1 aliphatic rings. The fourth-order valence-corrected chi connectivity index (χ4v) is 5.26. The Labute approximate surface area is 188 Å². The second kappa shape index (κ2) is 9.49. The zero-order chi connectivity index (χ0) is 21.8. The van der Waals surface area contributed by atoms with Crippen LogP contribution >= 0.6 is 23.1 Å². The van der Waals surface area contributed by atoms with Gasteiger partial charge in [-0.3, -0.25) is 14.5 Å². The average Bonchev–Trinajstić information content (AvgIpc) is 3.50. The van der Waals surface area contributed by atoms with E-state index in [0.29, 0.717) is 15.2 Å². The van der Waals surface area contributed by atoms with Crippen molar-refractivity contribution in [1.29, 1.82) is 0 Å². The minimum Gasteiger partial charge on any atom is -0.497 e. The van der Waals surface area contributed by atoms with Crippen molar-refractivity contribution in [3.63, 3.8) is 0 Å². The van der Waals surface area contributed by atoms with Crippen LogP contribution in [0.5, 0.6) is 5.75 Å². The minimum absolute atomic E-state index is 0.0351. The molecule has 2 amide bonds. The highest BCUT2D eigenvalue weighted by atomic mass is 32.2. The molecule has 4 rings (SSSR count). The molecule has 1 heterocycles. The quantitative estimate of drug-likeness (QED) is 0.398. The van der Waals surface area contributed by atoms with Gasteiger partial charge in [-0.2, -0.15) is 0 Å². The maximum Gasteiger partial charge on any atom is 0.242 e. The Kier molecular flexibility index (Phi) is 6.53. The van der Waals surface area contributed by atoms with Crippen LogP contribution in [0.1, 0.15) is 30.6 Å². The molecule has 7 nitrogen and oxygen atoms in total. The zero-order valence-corrected chi connectivity index (χ0v) is 18.8. The number of methoxy groups -OCH3 is 1. The normalized spacial score (nSPS) is 14.0. The third-order valence-electron chi connectivity index (χ3n) is 4.77. The van der Waals surface area contributed by atoms with E-state index < -0.39 is 5.25 Å². The summed E-state index contributed by atoms with van der Waals surface area (Å²) in [7, 11) is 1.60. The minimum atomic E-state index is -0.518. The fourth-order valence-electron chi connectivity index (χ4n) is 3.11. The van der Waals surface area contributed by atoms with E-state index in [9.17, 15) is 9.59 Å². The molecule has 1 aliphatic carbocycles. The Morgan fingerprint density at radius 2 is 1.84 bits per heavy atom. The van der Waals surface area contributed by atoms with E-state index in [-0.39, 0.29) is 17.9 Å². The summed E-state index contributed by atoms with van der Waals surface area (Å²) in [5, 5.41) is 11.5. The monoisotopic (exact) mass is 454 g/mol. The molecular formula is C22H22N4O3S2. The topological polar surface area (TPSA) is 84.4 Å². The number of carbonyl (C=O) groups is 2. The number of nitrogens with one attached hydrogen (secondary N) is 1. The van der Waals surface area contributed by atoms with E-state index in [1.54, 1.807) is 43.2 Å². The molecule has 1 aromatic heterocycles. The van der Waals surface area contributed by atoms with Gasteiger partial charge in [-0.25, -0.2) is 0 Å². The van der Waals surface area contributed by atoms with Crippen molar-refractivity contribution >= 4 is 45.7 Å².